The first kappa shape index (κ1) is 22.9. The van der Waals surface area contributed by atoms with Gasteiger partial charge in [0.2, 0.25) is 0 Å². The van der Waals surface area contributed by atoms with Crippen LogP contribution in [0.4, 0.5) is 10.2 Å². The summed E-state index contributed by atoms with van der Waals surface area (Å²) >= 11 is 1.43. The molecule has 0 aliphatic carbocycles. The Hall–Kier alpha value is -3.26. The first-order valence-corrected chi connectivity index (χ1v) is 11.6. The number of rotatable bonds is 9. The van der Waals surface area contributed by atoms with Crippen LogP contribution in [0.5, 0.6) is 5.75 Å². The Bertz CT molecular complexity index is 1220. The van der Waals surface area contributed by atoms with E-state index < -0.39 is 5.82 Å². The van der Waals surface area contributed by atoms with Crippen molar-refractivity contribution in [1.29, 1.82) is 0 Å². The topological polar surface area (TPSA) is 67.3 Å². The first-order chi connectivity index (χ1) is 16.1. The number of ether oxygens (including phenoxy) is 1. The van der Waals surface area contributed by atoms with Gasteiger partial charge < -0.3 is 0 Å². The van der Waals surface area contributed by atoms with Crippen molar-refractivity contribution in [2.24, 2.45) is 0 Å². The average molecular weight is 618 g/mol. The summed E-state index contributed by atoms with van der Waals surface area (Å²) in [6.45, 7) is 0.363. The molecule has 1 heterocycles. The van der Waals surface area contributed by atoms with E-state index in [4.69, 9.17) is 4.74 Å². The number of anilines is 1. The zero-order valence-electron chi connectivity index (χ0n) is 17.6. The molecule has 3 aromatic carbocycles. The van der Waals surface area contributed by atoms with E-state index in [1.54, 1.807) is 18.2 Å². The molecule has 5 nitrogen and oxygen atoms in total. The quantitative estimate of drug-likeness (QED) is 0.279. The SMILES string of the molecule is O[C](=[Os])C(Cc1ccccc1)Nc1cc(-c2ccc(OCc3ccccc3)cc2F)ncn1. The van der Waals surface area contributed by atoms with Crippen molar-refractivity contribution in [3.05, 3.63) is 108 Å². The summed E-state index contributed by atoms with van der Waals surface area (Å²) in [7, 11) is 0. The van der Waals surface area contributed by atoms with Gasteiger partial charge in [-0.15, -0.1) is 0 Å². The number of benzene rings is 3. The van der Waals surface area contributed by atoms with Crippen LogP contribution in [0.15, 0.2) is 91.3 Å². The molecule has 33 heavy (non-hydrogen) atoms. The second kappa shape index (κ2) is 11.0. The summed E-state index contributed by atoms with van der Waals surface area (Å²) < 4.78 is 20.8. The van der Waals surface area contributed by atoms with Crippen molar-refractivity contribution in [2.75, 3.05) is 5.32 Å². The molecule has 0 bridgehead atoms. The van der Waals surface area contributed by atoms with Gasteiger partial charge in [-0.2, -0.15) is 0 Å². The van der Waals surface area contributed by atoms with E-state index in [9.17, 15) is 9.50 Å². The van der Waals surface area contributed by atoms with Gasteiger partial charge in [0.1, 0.15) is 0 Å². The molecule has 4 aromatic rings. The predicted octanol–water partition coefficient (Wildman–Crippen LogP) is 4.93. The molecule has 1 unspecified atom stereocenters. The van der Waals surface area contributed by atoms with Gasteiger partial charge in [-0.3, -0.25) is 0 Å². The number of hydrogen-bond acceptors (Lipinski definition) is 5. The third kappa shape index (κ3) is 6.38. The van der Waals surface area contributed by atoms with Crippen LogP contribution < -0.4 is 10.1 Å². The molecule has 1 aromatic heterocycles. The van der Waals surface area contributed by atoms with Crippen LogP contribution in [-0.4, -0.2) is 25.4 Å². The number of hydrogen-bond donors (Lipinski definition) is 2. The molecular formula is C26H22FN3O2Os. The molecule has 7 heteroatoms. The Morgan fingerprint density at radius 2 is 1.64 bits per heavy atom. The van der Waals surface area contributed by atoms with E-state index in [1.807, 2.05) is 60.7 Å². The standard InChI is InChI=1S/C26H22FN3O2.Os/c27-24-14-22(32-17-20-9-5-2-6-10-20)11-12-23(24)25-15-26(29-18-28-25)30-21(16-31)13-19-7-3-1-4-8-19;/h1-12,14-15,18,21,31H,13,17H2,(H,28,29,30);. The molecule has 0 spiro atoms. The number of nitrogens with one attached hydrogen (secondary N) is 1. The molecule has 1 atom stereocenters. The summed E-state index contributed by atoms with van der Waals surface area (Å²) in [4.78, 5) is 8.48. The Balaban J connectivity index is 1.48. The fraction of sp³-hybridized carbons (Fsp3) is 0.115. The van der Waals surface area contributed by atoms with Crippen molar-refractivity contribution in [3.63, 3.8) is 0 Å². The van der Waals surface area contributed by atoms with Crippen LogP contribution in [-0.2, 0) is 31.2 Å². The molecule has 2 N–H and O–H groups in total. The van der Waals surface area contributed by atoms with Crippen LogP contribution in [0.25, 0.3) is 11.3 Å². The predicted molar refractivity (Wildman–Crippen MR) is 123 cm³/mol. The van der Waals surface area contributed by atoms with Crippen LogP contribution >= 0.6 is 0 Å². The molecule has 0 aliphatic rings. The first-order valence-electron chi connectivity index (χ1n) is 10.4. The Kier molecular flexibility index (Phi) is 7.67. The van der Waals surface area contributed by atoms with Crippen LogP contribution in [0.1, 0.15) is 11.1 Å². The fourth-order valence-corrected chi connectivity index (χ4v) is 3.78. The Labute approximate surface area is 201 Å². The van der Waals surface area contributed by atoms with Crippen molar-refractivity contribution in [1.82, 2.24) is 9.97 Å². The number of aliphatic hydroxyl groups excluding tert-OH is 1. The summed E-state index contributed by atoms with van der Waals surface area (Å²) in [5, 5.41) is 13.4. The second-order valence-electron chi connectivity index (χ2n) is 7.40. The monoisotopic (exact) mass is 619 g/mol. The van der Waals surface area contributed by atoms with Crippen molar-refractivity contribution in [2.45, 2.75) is 19.1 Å². The minimum atomic E-state index is -0.433. The summed E-state index contributed by atoms with van der Waals surface area (Å²) in [5.41, 5.74) is 2.88. The van der Waals surface area contributed by atoms with Gasteiger partial charge >= 0.3 is 166 Å². The van der Waals surface area contributed by atoms with Gasteiger partial charge in [-0.05, 0) is 5.56 Å². The number of aliphatic hydroxyl groups is 1. The third-order valence-electron chi connectivity index (χ3n) is 5.02. The molecule has 0 aliphatic heterocycles. The van der Waals surface area contributed by atoms with E-state index in [2.05, 4.69) is 15.3 Å². The van der Waals surface area contributed by atoms with Gasteiger partial charge in [0, 0.05) is 0 Å². The van der Waals surface area contributed by atoms with Gasteiger partial charge in [0.05, 0.1) is 0 Å². The van der Waals surface area contributed by atoms with E-state index in [-0.39, 0.29) is 10.3 Å². The second-order valence-corrected chi connectivity index (χ2v) is 8.70. The summed E-state index contributed by atoms with van der Waals surface area (Å²) in [6.07, 6.45) is 1.98. The fourth-order valence-electron chi connectivity index (χ4n) is 3.34. The number of aromatic nitrogens is 2. The summed E-state index contributed by atoms with van der Waals surface area (Å²) in [5.74, 6) is 0.516. The van der Waals surface area contributed by atoms with Crippen molar-refractivity contribution >= 4 is 10.1 Å². The molecule has 4 rings (SSSR count). The molecule has 0 amide bonds. The van der Waals surface area contributed by atoms with Gasteiger partial charge in [-0.25, -0.2) is 0 Å². The zero-order valence-corrected chi connectivity index (χ0v) is 20.2. The van der Waals surface area contributed by atoms with Gasteiger partial charge in [-0.1, -0.05) is 30.3 Å². The maximum absolute atomic E-state index is 14.9. The number of nitrogens with zero attached hydrogens (tertiary/aromatic N) is 2. The Morgan fingerprint density at radius 1 is 0.939 bits per heavy atom. The maximum atomic E-state index is 14.9. The molecular weight excluding hydrogens is 596 g/mol. The summed E-state index contributed by atoms with van der Waals surface area (Å²) in [6, 6.07) is 25.7. The van der Waals surface area contributed by atoms with Crippen LogP contribution in [0, 0.1) is 5.82 Å². The molecule has 0 radical (unpaired) electrons. The third-order valence-corrected chi connectivity index (χ3v) is 5.90. The molecule has 0 saturated carbocycles. The van der Waals surface area contributed by atoms with E-state index in [0.29, 0.717) is 35.9 Å². The van der Waals surface area contributed by atoms with E-state index >= 15 is 0 Å². The van der Waals surface area contributed by atoms with Crippen LogP contribution in [0.2, 0.25) is 0 Å². The number of halogens is 1. The zero-order chi connectivity index (χ0) is 23.0. The minimum absolute atomic E-state index is 0.269. The van der Waals surface area contributed by atoms with Crippen LogP contribution in [0.3, 0.4) is 0 Å². The van der Waals surface area contributed by atoms with Gasteiger partial charge in [0.25, 0.3) is 0 Å². The molecule has 0 saturated heterocycles. The normalized spacial score (nSPS) is 11.6. The van der Waals surface area contributed by atoms with Gasteiger partial charge in [0.15, 0.2) is 0 Å². The van der Waals surface area contributed by atoms with E-state index in [0.717, 1.165) is 11.1 Å². The average Bonchev–Trinajstić information content (AvgIpc) is 2.84. The Morgan fingerprint density at radius 3 is 2.30 bits per heavy atom. The molecule has 0 fully saturated rings. The molecule has 168 valence electrons. The van der Waals surface area contributed by atoms with Crippen molar-refractivity contribution < 1.29 is 32.4 Å². The van der Waals surface area contributed by atoms with Crippen molar-refractivity contribution in [3.8, 4) is 17.0 Å². The van der Waals surface area contributed by atoms with E-state index in [1.165, 1.54) is 30.5 Å².